The molecular formula is C18H22N4O. The fourth-order valence-corrected chi connectivity index (χ4v) is 3.88. The number of likely N-dealkylation sites (tertiary alicyclic amines) is 1. The smallest absolute Gasteiger partial charge is 0.251 e. The van der Waals surface area contributed by atoms with Crippen LogP contribution in [0.3, 0.4) is 0 Å². The molecule has 1 saturated heterocycles. The number of fused-ring (bicyclic) bond motifs is 3. The number of hydrogen-bond acceptors (Lipinski definition) is 4. The highest BCUT2D eigenvalue weighted by Crippen LogP contribution is 2.41. The molecule has 3 aliphatic rings. The molecule has 1 aromatic carbocycles. The van der Waals surface area contributed by atoms with Gasteiger partial charge in [-0.1, -0.05) is 48.9 Å². The second kappa shape index (κ2) is 5.80. The van der Waals surface area contributed by atoms with Gasteiger partial charge in [-0.15, -0.1) is 0 Å². The lowest BCUT2D eigenvalue weighted by Crippen LogP contribution is -2.44. The number of carbonyl (C=O) groups excluding carboxylic acids is 1. The van der Waals surface area contributed by atoms with Crippen molar-refractivity contribution < 1.29 is 4.79 Å². The van der Waals surface area contributed by atoms with Crippen molar-refractivity contribution >= 4 is 11.5 Å². The first-order valence-corrected chi connectivity index (χ1v) is 8.49. The molecule has 5 nitrogen and oxygen atoms in total. The molecule has 0 unspecified atom stereocenters. The molecule has 1 amide bonds. The van der Waals surface area contributed by atoms with Gasteiger partial charge in [-0.2, -0.15) is 5.11 Å². The SMILES string of the molecule is C=C1CN2N=N[C@H](C(=O)N3CCCCCC3)[C@H]2c2ccccc21. The number of nitrogens with zero attached hydrogens (tertiary/aromatic N) is 4. The van der Waals surface area contributed by atoms with Gasteiger partial charge in [-0.25, -0.2) is 0 Å². The van der Waals surface area contributed by atoms with E-state index in [-0.39, 0.29) is 11.9 Å². The molecule has 0 bridgehead atoms. The summed E-state index contributed by atoms with van der Waals surface area (Å²) in [6.07, 6.45) is 4.62. The number of hydrogen-bond donors (Lipinski definition) is 0. The van der Waals surface area contributed by atoms with Gasteiger partial charge in [-0.3, -0.25) is 9.80 Å². The first-order chi connectivity index (χ1) is 11.3. The number of amides is 1. The maximum absolute atomic E-state index is 13.0. The van der Waals surface area contributed by atoms with Crippen LogP contribution in [0.4, 0.5) is 0 Å². The summed E-state index contributed by atoms with van der Waals surface area (Å²) in [6, 6.07) is 7.71. The van der Waals surface area contributed by atoms with Gasteiger partial charge < -0.3 is 4.90 Å². The van der Waals surface area contributed by atoms with E-state index < -0.39 is 6.04 Å². The first-order valence-electron chi connectivity index (χ1n) is 8.49. The van der Waals surface area contributed by atoms with E-state index in [0.29, 0.717) is 6.54 Å². The molecule has 1 fully saturated rings. The van der Waals surface area contributed by atoms with E-state index in [0.717, 1.165) is 42.6 Å². The van der Waals surface area contributed by atoms with Gasteiger partial charge in [0.1, 0.15) is 6.04 Å². The maximum Gasteiger partial charge on any atom is 0.251 e. The topological polar surface area (TPSA) is 48.3 Å². The predicted molar refractivity (Wildman–Crippen MR) is 88.6 cm³/mol. The standard InChI is InChI=1S/C18H22N4O/c1-13-12-22-17(15-9-5-4-8-14(13)15)16(19-20-22)18(23)21-10-6-2-3-7-11-21/h4-5,8-9,16-17H,1-3,6-7,10-12H2/t16-,17+/m0/s1. The Hall–Kier alpha value is -2.17. The Morgan fingerprint density at radius 3 is 2.65 bits per heavy atom. The van der Waals surface area contributed by atoms with E-state index in [2.05, 4.69) is 29.0 Å². The van der Waals surface area contributed by atoms with Crippen molar-refractivity contribution in [3.8, 4) is 0 Å². The van der Waals surface area contributed by atoms with Crippen LogP contribution in [0, 0.1) is 0 Å². The first kappa shape index (κ1) is 14.4. The predicted octanol–water partition coefficient (Wildman–Crippen LogP) is 3.21. The lowest BCUT2D eigenvalue weighted by atomic mass is 9.87. The molecule has 0 saturated carbocycles. The monoisotopic (exact) mass is 310 g/mol. The molecule has 1 aromatic rings. The lowest BCUT2D eigenvalue weighted by molar-refractivity contribution is -0.133. The van der Waals surface area contributed by atoms with Gasteiger partial charge in [0, 0.05) is 13.1 Å². The molecule has 0 aliphatic carbocycles. The fourth-order valence-electron chi connectivity index (χ4n) is 3.88. The minimum absolute atomic E-state index is 0.0764. The van der Waals surface area contributed by atoms with Crippen molar-refractivity contribution in [2.24, 2.45) is 10.3 Å². The van der Waals surface area contributed by atoms with Crippen LogP contribution in [-0.4, -0.2) is 41.5 Å². The van der Waals surface area contributed by atoms with E-state index in [9.17, 15) is 4.79 Å². The molecule has 2 atom stereocenters. The molecule has 23 heavy (non-hydrogen) atoms. The second-order valence-electron chi connectivity index (χ2n) is 6.62. The molecular weight excluding hydrogens is 288 g/mol. The zero-order valence-corrected chi connectivity index (χ0v) is 13.3. The van der Waals surface area contributed by atoms with Crippen molar-refractivity contribution in [2.75, 3.05) is 19.6 Å². The third-order valence-electron chi connectivity index (χ3n) is 5.10. The van der Waals surface area contributed by atoms with Crippen molar-refractivity contribution in [2.45, 2.75) is 37.8 Å². The summed E-state index contributed by atoms with van der Waals surface area (Å²) in [7, 11) is 0. The van der Waals surface area contributed by atoms with Crippen LogP contribution in [0.5, 0.6) is 0 Å². The van der Waals surface area contributed by atoms with Crippen LogP contribution in [-0.2, 0) is 4.79 Å². The molecule has 5 heteroatoms. The molecule has 0 N–H and O–H groups in total. The van der Waals surface area contributed by atoms with Crippen LogP contribution in [0.1, 0.15) is 42.9 Å². The van der Waals surface area contributed by atoms with Crippen LogP contribution in [0.15, 0.2) is 41.2 Å². The number of rotatable bonds is 1. The van der Waals surface area contributed by atoms with Gasteiger partial charge in [0.2, 0.25) is 0 Å². The van der Waals surface area contributed by atoms with Crippen molar-refractivity contribution in [1.29, 1.82) is 0 Å². The minimum Gasteiger partial charge on any atom is -0.341 e. The molecule has 0 aromatic heterocycles. The summed E-state index contributed by atoms with van der Waals surface area (Å²) in [6.45, 7) is 6.50. The van der Waals surface area contributed by atoms with E-state index in [4.69, 9.17) is 0 Å². The molecule has 4 rings (SSSR count). The normalized spacial score (nSPS) is 26.7. The summed E-state index contributed by atoms with van der Waals surface area (Å²) in [5.74, 6) is 0.130. The zero-order valence-electron chi connectivity index (χ0n) is 13.3. The molecule has 3 aliphatic heterocycles. The Labute approximate surface area is 136 Å². The van der Waals surface area contributed by atoms with Gasteiger partial charge in [-0.05, 0) is 29.5 Å². The van der Waals surface area contributed by atoms with Crippen LogP contribution in [0.2, 0.25) is 0 Å². The number of carbonyl (C=O) groups is 1. The Balaban J connectivity index is 1.64. The van der Waals surface area contributed by atoms with Gasteiger partial charge in [0.25, 0.3) is 5.91 Å². The second-order valence-corrected chi connectivity index (χ2v) is 6.62. The highest BCUT2D eigenvalue weighted by atomic mass is 16.2. The molecule has 3 heterocycles. The van der Waals surface area contributed by atoms with Crippen LogP contribution >= 0.6 is 0 Å². The van der Waals surface area contributed by atoms with E-state index >= 15 is 0 Å². The number of benzene rings is 1. The summed E-state index contributed by atoms with van der Waals surface area (Å²) >= 11 is 0. The summed E-state index contributed by atoms with van der Waals surface area (Å²) in [5, 5.41) is 10.5. The Morgan fingerprint density at radius 1 is 1.13 bits per heavy atom. The van der Waals surface area contributed by atoms with E-state index in [1.807, 2.05) is 22.0 Å². The van der Waals surface area contributed by atoms with Crippen molar-refractivity contribution in [3.63, 3.8) is 0 Å². The average Bonchev–Trinajstić information content (AvgIpc) is 2.81. The van der Waals surface area contributed by atoms with Gasteiger partial charge >= 0.3 is 0 Å². The average molecular weight is 310 g/mol. The largest absolute Gasteiger partial charge is 0.341 e. The zero-order chi connectivity index (χ0) is 15.8. The summed E-state index contributed by atoms with van der Waals surface area (Å²) < 4.78 is 0. The quantitative estimate of drug-likeness (QED) is 0.799. The van der Waals surface area contributed by atoms with Gasteiger partial charge in [0.15, 0.2) is 6.04 Å². The third-order valence-corrected chi connectivity index (χ3v) is 5.10. The highest BCUT2D eigenvalue weighted by Gasteiger charge is 2.44. The Morgan fingerprint density at radius 2 is 1.87 bits per heavy atom. The third kappa shape index (κ3) is 2.44. The minimum atomic E-state index is -0.414. The molecule has 0 spiro atoms. The maximum atomic E-state index is 13.0. The molecule has 0 radical (unpaired) electrons. The van der Waals surface area contributed by atoms with E-state index in [1.54, 1.807) is 0 Å². The van der Waals surface area contributed by atoms with Crippen molar-refractivity contribution in [3.05, 3.63) is 42.0 Å². The highest BCUT2D eigenvalue weighted by molar-refractivity contribution is 5.84. The van der Waals surface area contributed by atoms with Crippen LogP contribution < -0.4 is 0 Å². The lowest BCUT2D eigenvalue weighted by Gasteiger charge is -2.34. The van der Waals surface area contributed by atoms with Crippen LogP contribution in [0.25, 0.3) is 5.57 Å². The molecule has 120 valence electrons. The van der Waals surface area contributed by atoms with E-state index in [1.165, 1.54) is 12.8 Å². The Bertz CT molecular complexity index is 661. The van der Waals surface area contributed by atoms with Gasteiger partial charge in [0.05, 0.1) is 6.54 Å². The summed E-state index contributed by atoms with van der Waals surface area (Å²) in [5.41, 5.74) is 3.32. The summed E-state index contributed by atoms with van der Waals surface area (Å²) in [4.78, 5) is 15.0. The Kier molecular flexibility index (Phi) is 3.63. The van der Waals surface area contributed by atoms with Crippen molar-refractivity contribution in [1.82, 2.24) is 9.91 Å². The fraction of sp³-hybridized carbons (Fsp3) is 0.500.